The van der Waals surface area contributed by atoms with Crippen LogP contribution in [0.5, 0.6) is 0 Å². The lowest BCUT2D eigenvalue weighted by atomic mass is 9.81. The van der Waals surface area contributed by atoms with Crippen LogP contribution in [0.3, 0.4) is 0 Å². The van der Waals surface area contributed by atoms with Crippen molar-refractivity contribution in [2.75, 3.05) is 6.54 Å². The van der Waals surface area contributed by atoms with Gasteiger partial charge in [0, 0.05) is 12.6 Å². The average molecular weight is 276 g/mol. The van der Waals surface area contributed by atoms with E-state index < -0.39 is 26.6 Å². The molecule has 0 saturated heterocycles. The second kappa shape index (κ2) is 4.91. The Kier molecular flexibility index (Phi) is 3.65. The van der Waals surface area contributed by atoms with Crippen LogP contribution in [0, 0.1) is 17.6 Å². The highest BCUT2D eigenvalue weighted by atomic mass is 32.2. The van der Waals surface area contributed by atoms with E-state index in [4.69, 9.17) is 5.73 Å². The Hall–Kier alpha value is -1.05. The van der Waals surface area contributed by atoms with Gasteiger partial charge in [-0.3, -0.25) is 0 Å². The van der Waals surface area contributed by atoms with E-state index in [1.165, 1.54) is 0 Å². The van der Waals surface area contributed by atoms with Crippen LogP contribution in [0.1, 0.15) is 12.8 Å². The van der Waals surface area contributed by atoms with Crippen LogP contribution >= 0.6 is 0 Å². The van der Waals surface area contributed by atoms with Crippen LogP contribution in [0.15, 0.2) is 23.1 Å². The first kappa shape index (κ1) is 13.4. The van der Waals surface area contributed by atoms with Crippen molar-refractivity contribution in [2.45, 2.75) is 23.8 Å². The molecule has 100 valence electrons. The van der Waals surface area contributed by atoms with Crippen molar-refractivity contribution in [1.82, 2.24) is 4.72 Å². The predicted octanol–water partition coefficient (Wildman–Crippen LogP) is 0.980. The van der Waals surface area contributed by atoms with Crippen molar-refractivity contribution in [1.29, 1.82) is 0 Å². The van der Waals surface area contributed by atoms with Gasteiger partial charge in [0.15, 0.2) is 0 Å². The van der Waals surface area contributed by atoms with Gasteiger partial charge >= 0.3 is 0 Å². The molecule has 18 heavy (non-hydrogen) atoms. The second-order valence-electron chi connectivity index (χ2n) is 4.52. The van der Waals surface area contributed by atoms with Crippen LogP contribution in [0.2, 0.25) is 0 Å². The van der Waals surface area contributed by atoms with Crippen molar-refractivity contribution in [3.63, 3.8) is 0 Å². The number of rotatable bonds is 4. The van der Waals surface area contributed by atoms with Gasteiger partial charge in [-0.2, -0.15) is 0 Å². The van der Waals surface area contributed by atoms with Gasteiger partial charge in [-0.25, -0.2) is 21.9 Å². The summed E-state index contributed by atoms with van der Waals surface area (Å²) in [5, 5.41) is 0. The predicted molar refractivity (Wildman–Crippen MR) is 62.2 cm³/mol. The number of nitrogens with two attached hydrogens (primary N) is 1. The van der Waals surface area contributed by atoms with E-state index in [9.17, 15) is 17.2 Å². The smallest absolute Gasteiger partial charge is 0.243 e. The molecular weight excluding hydrogens is 262 g/mol. The van der Waals surface area contributed by atoms with Crippen molar-refractivity contribution in [3.8, 4) is 0 Å². The van der Waals surface area contributed by atoms with Crippen LogP contribution in [-0.2, 0) is 10.0 Å². The molecule has 0 radical (unpaired) electrons. The lowest BCUT2D eigenvalue weighted by Crippen LogP contribution is -2.42. The summed E-state index contributed by atoms with van der Waals surface area (Å²) in [7, 11) is -4.01. The number of halogens is 2. The first-order valence-corrected chi connectivity index (χ1v) is 7.07. The Morgan fingerprint density at radius 3 is 2.61 bits per heavy atom. The van der Waals surface area contributed by atoms with Crippen LogP contribution in [0.25, 0.3) is 0 Å². The number of hydrogen-bond acceptors (Lipinski definition) is 3. The molecule has 2 rings (SSSR count). The Balaban J connectivity index is 2.08. The molecule has 0 aromatic heterocycles. The van der Waals surface area contributed by atoms with Gasteiger partial charge in [-0.05, 0) is 37.0 Å². The summed E-state index contributed by atoms with van der Waals surface area (Å²) >= 11 is 0. The number of benzene rings is 1. The van der Waals surface area contributed by atoms with E-state index in [1.54, 1.807) is 0 Å². The van der Waals surface area contributed by atoms with Gasteiger partial charge in [-0.1, -0.05) is 0 Å². The topological polar surface area (TPSA) is 72.2 Å². The van der Waals surface area contributed by atoms with Gasteiger partial charge in [0.1, 0.15) is 16.5 Å². The molecule has 0 amide bonds. The number of nitrogens with one attached hydrogen (secondary N) is 1. The Labute approximate surface area is 104 Å². The molecule has 0 heterocycles. The van der Waals surface area contributed by atoms with Gasteiger partial charge in [-0.15, -0.1) is 0 Å². The van der Waals surface area contributed by atoms with E-state index in [2.05, 4.69) is 4.72 Å². The van der Waals surface area contributed by atoms with E-state index >= 15 is 0 Å². The van der Waals surface area contributed by atoms with E-state index in [0.29, 0.717) is 6.07 Å². The van der Waals surface area contributed by atoms with Crippen molar-refractivity contribution in [3.05, 3.63) is 29.8 Å². The summed E-state index contributed by atoms with van der Waals surface area (Å²) in [4.78, 5) is -0.661. The highest BCUT2D eigenvalue weighted by molar-refractivity contribution is 7.89. The second-order valence-corrected chi connectivity index (χ2v) is 6.26. The summed E-state index contributed by atoms with van der Waals surface area (Å²) < 4.78 is 52.1. The fraction of sp³-hybridized carbons (Fsp3) is 0.455. The van der Waals surface area contributed by atoms with Crippen LogP contribution in [0.4, 0.5) is 8.78 Å². The summed E-state index contributed by atoms with van der Waals surface area (Å²) in [5.74, 6) is -1.58. The van der Waals surface area contributed by atoms with Gasteiger partial charge in [0.25, 0.3) is 0 Å². The molecule has 3 N–H and O–H groups in total. The van der Waals surface area contributed by atoms with Gasteiger partial charge in [0.05, 0.1) is 0 Å². The summed E-state index contributed by atoms with van der Waals surface area (Å²) in [6.07, 6.45) is 1.49. The summed E-state index contributed by atoms with van der Waals surface area (Å²) in [5.41, 5.74) is 5.58. The SMILES string of the molecule is NC1CC(CNS(=O)(=O)c2cc(F)ccc2F)C1. The van der Waals surface area contributed by atoms with Gasteiger partial charge < -0.3 is 5.73 Å². The largest absolute Gasteiger partial charge is 0.328 e. The van der Waals surface area contributed by atoms with Crippen molar-refractivity contribution >= 4 is 10.0 Å². The maximum absolute atomic E-state index is 13.3. The maximum atomic E-state index is 13.3. The minimum absolute atomic E-state index is 0.116. The minimum Gasteiger partial charge on any atom is -0.328 e. The fourth-order valence-electron chi connectivity index (χ4n) is 1.94. The molecule has 1 aliphatic rings. The Morgan fingerprint density at radius 2 is 2.00 bits per heavy atom. The Bertz CT molecular complexity index is 542. The third-order valence-corrected chi connectivity index (χ3v) is 4.46. The third kappa shape index (κ3) is 2.85. The molecule has 0 unspecified atom stereocenters. The molecule has 0 bridgehead atoms. The molecule has 1 aliphatic carbocycles. The minimum atomic E-state index is -4.01. The lowest BCUT2D eigenvalue weighted by molar-refractivity contribution is 0.267. The molecule has 0 spiro atoms. The van der Waals surface area contributed by atoms with Crippen molar-refractivity contribution < 1.29 is 17.2 Å². The maximum Gasteiger partial charge on any atom is 0.243 e. The first-order valence-electron chi connectivity index (χ1n) is 5.59. The number of sulfonamides is 1. The van der Waals surface area contributed by atoms with Crippen LogP contribution < -0.4 is 10.5 Å². The normalized spacial score (nSPS) is 23.7. The standard InChI is InChI=1S/C11H14F2N2O2S/c12-8-1-2-10(13)11(5-8)18(16,17)15-6-7-3-9(14)4-7/h1-2,5,7,9,15H,3-4,6,14H2. The zero-order valence-electron chi connectivity index (χ0n) is 9.57. The highest BCUT2D eigenvalue weighted by Gasteiger charge is 2.28. The fourth-order valence-corrected chi connectivity index (χ4v) is 3.15. The lowest BCUT2D eigenvalue weighted by Gasteiger charge is -2.32. The molecule has 1 aromatic carbocycles. The average Bonchev–Trinajstić information content (AvgIpc) is 2.26. The zero-order chi connectivity index (χ0) is 13.3. The van der Waals surface area contributed by atoms with Crippen LogP contribution in [-0.4, -0.2) is 21.0 Å². The zero-order valence-corrected chi connectivity index (χ0v) is 10.4. The van der Waals surface area contributed by atoms with E-state index in [-0.39, 0.29) is 18.5 Å². The molecule has 1 saturated carbocycles. The molecule has 1 fully saturated rings. The number of hydrogen-bond donors (Lipinski definition) is 2. The third-order valence-electron chi connectivity index (χ3n) is 3.02. The molecule has 0 aliphatic heterocycles. The summed E-state index contributed by atoms with van der Waals surface area (Å²) in [6, 6.07) is 2.46. The molecular formula is C11H14F2N2O2S. The quantitative estimate of drug-likeness (QED) is 0.861. The van der Waals surface area contributed by atoms with Crippen molar-refractivity contribution in [2.24, 2.45) is 11.7 Å². The van der Waals surface area contributed by atoms with E-state index in [1.807, 2.05) is 0 Å². The first-order chi connectivity index (χ1) is 8.38. The van der Waals surface area contributed by atoms with Gasteiger partial charge in [0.2, 0.25) is 10.0 Å². The molecule has 7 heteroatoms. The highest BCUT2D eigenvalue weighted by Crippen LogP contribution is 2.25. The monoisotopic (exact) mass is 276 g/mol. The molecule has 4 nitrogen and oxygen atoms in total. The Morgan fingerprint density at radius 1 is 1.33 bits per heavy atom. The van der Waals surface area contributed by atoms with E-state index in [0.717, 1.165) is 25.0 Å². The summed E-state index contributed by atoms with van der Waals surface area (Å²) in [6.45, 7) is 0.200. The molecule has 0 atom stereocenters. The molecule has 1 aromatic rings.